The number of nitrogens with zero attached hydrogens (tertiary/aromatic N) is 4. The number of hydrogen-bond acceptors (Lipinski definition) is 6. The minimum Gasteiger partial charge on any atom is -0.497 e. The lowest BCUT2D eigenvalue weighted by Gasteiger charge is -2.18. The van der Waals surface area contributed by atoms with Crippen LogP contribution in [-0.4, -0.2) is 64.0 Å². The molecule has 1 amide bonds. The minimum atomic E-state index is -1.06. The summed E-state index contributed by atoms with van der Waals surface area (Å²) in [5, 5.41) is 14.0. The number of methoxy groups -OCH3 is 2. The van der Waals surface area contributed by atoms with E-state index in [9.17, 15) is 9.59 Å². The summed E-state index contributed by atoms with van der Waals surface area (Å²) in [4.78, 5) is 29.1. The third kappa shape index (κ3) is 4.29. The average molecular weight is 398 g/mol. The van der Waals surface area contributed by atoms with Crippen molar-refractivity contribution in [3.8, 4) is 11.5 Å². The number of benzene rings is 1. The van der Waals surface area contributed by atoms with E-state index in [1.807, 2.05) is 12.1 Å². The van der Waals surface area contributed by atoms with Crippen molar-refractivity contribution >= 4 is 22.9 Å². The van der Waals surface area contributed by atoms with Gasteiger partial charge in [-0.1, -0.05) is 0 Å². The Kier molecular flexibility index (Phi) is 5.96. The SMILES string of the molecule is CCN(CC(=O)O)C(=O)c1cnc2c(cnn2Cc2ccc(OC)cc2OC)c1. The number of carboxylic acids is 1. The Bertz CT molecular complexity index is 1050. The van der Waals surface area contributed by atoms with Gasteiger partial charge in [0.05, 0.1) is 32.5 Å². The van der Waals surface area contributed by atoms with Gasteiger partial charge in [-0.05, 0) is 25.1 Å². The monoisotopic (exact) mass is 398 g/mol. The molecule has 3 aromatic rings. The van der Waals surface area contributed by atoms with E-state index in [2.05, 4.69) is 10.1 Å². The first-order chi connectivity index (χ1) is 14.0. The van der Waals surface area contributed by atoms with Crippen LogP contribution in [0.25, 0.3) is 11.0 Å². The smallest absolute Gasteiger partial charge is 0.323 e. The maximum atomic E-state index is 12.6. The predicted molar refractivity (Wildman–Crippen MR) is 105 cm³/mol. The van der Waals surface area contributed by atoms with Crippen molar-refractivity contribution in [1.82, 2.24) is 19.7 Å². The van der Waals surface area contributed by atoms with Crippen LogP contribution in [0, 0.1) is 0 Å². The van der Waals surface area contributed by atoms with Gasteiger partial charge < -0.3 is 19.5 Å². The molecular weight excluding hydrogens is 376 g/mol. The largest absolute Gasteiger partial charge is 0.497 e. The van der Waals surface area contributed by atoms with E-state index in [0.29, 0.717) is 41.2 Å². The Morgan fingerprint density at radius 3 is 2.62 bits per heavy atom. The Balaban J connectivity index is 1.88. The van der Waals surface area contributed by atoms with Crippen LogP contribution < -0.4 is 9.47 Å². The number of carbonyl (C=O) groups is 2. The fraction of sp³-hybridized carbons (Fsp3) is 0.300. The summed E-state index contributed by atoms with van der Waals surface area (Å²) in [6.07, 6.45) is 3.07. The Hall–Kier alpha value is -3.62. The highest BCUT2D eigenvalue weighted by Crippen LogP contribution is 2.26. The molecule has 0 radical (unpaired) electrons. The van der Waals surface area contributed by atoms with Gasteiger partial charge >= 0.3 is 5.97 Å². The number of aliphatic carboxylic acids is 1. The molecule has 2 aromatic heterocycles. The van der Waals surface area contributed by atoms with Gasteiger partial charge in [-0.25, -0.2) is 9.67 Å². The lowest BCUT2D eigenvalue weighted by Crippen LogP contribution is -2.35. The summed E-state index contributed by atoms with van der Waals surface area (Å²) < 4.78 is 12.4. The van der Waals surface area contributed by atoms with Crippen molar-refractivity contribution in [3.63, 3.8) is 0 Å². The van der Waals surface area contributed by atoms with Crippen LogP contribution in [0.4, 0.5) is 0 Å². The molecular formula is C20H22N4O5. The van der Waals surface area contributed by atoms with Gasteiger partial charge in [0, 0.05) is 29.8 Å². The van der Waals surface area contributed by atoms with Crippen LogP contribution >= 0.6 is 0 Å². The number of carbonyl (C=O) groups excluding carboxylic acids is 1. The molecule has 152 valence electrons. The number of fused-ring (bicyclic) bond motifs is 1. The molecule has 0 unspecified atom stereocenters. The lowest BCUT2D eigenvalue weighted by molar-refractivity contribution is -0.137. The zero-order valence-corrected chi connectivity index (χ0v) is 16.5. The van der Waals surface area contributed by atoms with Crippen LogP contribution in [0.3, 0.4) is 0 Å². The van der Waals surface area contributed by atoms with Crippen LogP contribution in [0.15, 0.2) is 36.7 Å². The van der Waals surface area contributed by atoms with Crippen molar-refractivity contribution < 1.29 is 24.2 Å². The summed E-state index contributed by atoms with van der Waals surface area (Å²) in [6, 6.07) is 7.21. The molecule has 3 rings (SSSR count). The molecule has 1 N–H and O–H groups in total. The number of aromatic nitrogens is 3. The highest BCUT2D eigenvalue weighted by molar-refractivity contribution is 5.98. The van der Waals surface area contributed by atoms with E-state index in [4.69, 9.17) is 14.6 Å². The van der Waals surface area contributed by atoms with Crippen LogP contribution in [0.2, 0.25) is 0 Å². The molecule has 29 heavy (non-hydrogen) atoms. The Morgan fingerprint density at radius 2 is 1.97 bits per heavy atom. The summed E-state index contributed by atoms with van der Waals surface area (Å²) >= 11 is 0. The van der Waals surface area contributed by atoms with Crippen LogP contribution in [0.1, 0.15) is 22.8 Å². The number of pyridine rings is 1. The van der Waals surface area contributed by atoms with Gasteiger partial charge in [0.15, 0.2) is 5.65 Å². The van der Waals surface area contributed by atoms with Gasteiger partial charge in [0.2, 0.25) is 0 Å². The second-order valence-corrected chi connectivity index (χ2v) is 6.33. The molecule has 0 fully saturated rings. The Labute approximate surface area is 167 Å². The highest BCUT2D eigenvalue weighted by Gasteiger charge is 2.18. The lowest BCUT2D eigenvalue weighted by atomic mass is 10.2. The molecule has 0 spiro atoms. The van der Waals surface area contributed by atoms with Crippen molar-refractivity contribution in [3.05, 3.63) is 47.8 Å². The number of rotatable bonds is 8. The summed E-state index contributed by atoms with van der Waals surface area (Å²) in [5.41, 5.74) is 1.83. The third-order valence-corrected chi connectivity index (χ3v) is 4.53. The van der Waals surface area contributed by atoms with E-state index < -0.39 is 5.97 Å². The molecule has 0 aliphatic carbocycles. The first-order valence-electron chi connectivity index (χ1n) is 9.00. The molecule has 9 nitrogen and oxygen atoms in total. The fourth-order valence-electron chi connectivity index (χ4n) is 3.02. The van der Waals surface area contributed by atoms with E-state index in [1.54, 1.807) is 44.2 Å². The fourth-order valence-corrected chi connectivity index (χ4v) is 3.02. The first-order valence-corrected chi connectivity index (χ1v) is 9.00. The van der Waals surface area contributed by atoms with Gasteiger partial charge in [0.25, 0.3) is 5.91 Å². The number of likely N-dealkylation sites (N-methyl/N-ethyl adjacent to an activating group) is 1. The summed E-state index contributed by atoms with van der Waals surface area (Å²) in [6.45, 7) is 2.09. The molecule has 0 aliphatic rings. The van der Waals surface area contributed by atoms with Gasteiger partial charge in [-0.2, -0.15) is 5.10 Å². The number of hydrogen-bond donors (Lipinski definition) is 1. The van der Waals surface area contributed by atoms with Crippen LogP contribution in [0.5, 0.6) is 11.5 Å². The first kappa shape index (κ1) is 20.1. The number of amides is 1. The van der Waals surface area contributed by atoms with E-state index in [-0.39, 0.29) is 12.5 Å². The average Bonchev–Trinajstić information content (AvgIpc) is 3.13. The van der Waals surface area contributed by atoms with E-state index in [1.165, 1.54) is 11.1 Å². The molecule has 0 aliphatic heterocycles. The summed E-state index contributed by atoms with van der Waals surface area (Å²) in [5.74, 6) is -0.0736. The topological polar surface area (TPSA) is 107 Å². The molecule has 9 heteroatoms. The molecule has 2 heterocycles. The maximum absolute atomic E-state index is 12.6. The second kappa shape index (κ2) is 8.59. The standard InChI is InChI=1S/C20H22N4O5/c1-4-23(12-18(25)26)20(27)15-7-14-10-22-24(19(14)21-9-15)11-13-5-6-16(28-2)8-17(13)29-3/h5-10H,4,11-12H2,1-3H3,(H,25,26). The number of ether oxygens (including phenoxy) is 2. The Morgan fingerprint density at radius 1 is 1.17 bits per heavy atom. The van der Waals surface area contributed by atoms with Crippen molar-refractivity contribution in [2.24, 2.45) is 0 Å². The normalized spacial score (nSPS) is 10.7. The van der Waals surface area contributed by atoms with Crippen LogP contribution in [-0.2, 0) is 11.3 Å². The molecule has 0 bridgehead atoms. The third-order valence-electron chi connectivity index (χ3n) is 4.53. The quantitative estimate of drug-likeness (QED) is 0.619. The predicted octanol–water partition coefficient (Wildman–Crippen LogP) is 2.04. The highest BCUT2D eigenvalue weighted by atomic mass is 16.5. The van der Waals surface area contributed by atoms with Crippen molar-refractivity contribution in [2.45, 2.75) is 13.5 Å². The van der Waals surface area contributed by atoms with Crippen molar-refractivity contribution in [1.29, 1.82) is 0 Å². The molecule has 0 saturated carbocycles. The minimum absolute atomic E-state index is 0.291. The van der Waals surface area contributed by atoms with Gasteiger partial charge in [-0.3, -0.25) is 9.59 Å². The van der Waals surface area contributed by atoms with E-state index in [0.717, 1.165) is 5.56 Å². The zero-order chi connectivity index (χ0) is 21.0. The second-order valence-electron chi connectivity index (χ2n) is 6.33. The van der Waals surface area contributed by atoms with E-state index >= 15 is 0 Å². The molecule has 0 saturated heterocycles. The molecule has 1 aromatic carbocycles. The van der Waals surface area contributed by atoms with Gasteiger partial charge in [0.1, 0.15) is 18.0 Å². The maximum Gasteiger partial charge on any atom is 0.323 e. The summed E-state index contributed by atoms with van der Waals surface area (Å²) in [7, 11) is 3.18. The zero-order valence-electron chi connectivity index (χ0n) is 16.5. The molecule has 0 atom stereocenters. The van der Waals surface area contributed by atoms with Gasteiger partial charge in [-0.15, -0.1) is 0 Å². The van der Waals surface area contributed by atoms with Crippen molar-refractivity contribution in [2.75, 3.05) is 27.3 Å². The number of carboxylic acid groups (broad SMARTS) is 1.